The average Bonchev–Trinajstić information content (AvgIpc) is 4.10. The van der Waals surface area contributed by atoms with Crippen molar-refractivity contribution in [2.45, 2.75) is 106 Å². The van der Waals surface area contributed by atoms with E-state index in [9.17, 15) is 43.2 Å². The van der Waals surface area contributed by atoms with Crippen LogP contribution in [0.15, 0.2) is 35.0 Å². The Morgan fingerprint density at radius 3 is 2.46 bits per heavy atom. The van der Waals surface area contributed by atoms with Crippen LogP contribution in [0, 0.1) is 0 Å². The summed E-state index contributed by atoms with van der Waals surface area (Å²) in [7, 11) is 0. The van der Waals surface area contributed by atoms with Crippen LogP contribution in [0.2, 0.25) is 0 Å². The molecular formula is C48H57N7O11S2. The van der Waals surface area contributed by atoms with Crippen molar-refractivity contribution in [3.8, 4) is 0 Å². The molecule has 4 unspecified atom stereocenters. The highest BCUT2D eigenvalue weighted by molar-refractivity contribution is 8.00. The van der Waals surface area contributed by atoms with Crippen LogP contribution in [0.5, 0.6) is 0 Å². The van der Waals surface area contributed by atoms with Crippen LogP contribution < -0.4 is 16.0 Å². The van der Waals surface area contributed by atoms with E-state index in [1.54, 1.807) is 6.07 Å². The predicted molar refractivity (Wildman–Crippen MR) is 250 cm³/mol. The third kappa shape index (κ3) is 9.72. The van der Waals surface area contributed by atoms with Crippen molar-refractivity contribution in [1.29, 1.82) is 0 Å². The van der Waals surface area contributed by atoms with Gasteiger partial charge in [0.15, 0.2) is 17.3 Å². The zero-order valence-electron chi connectivity index (χ0n) is 38.1. The Kier molecular flexibility index (Phi) is 14.2. The molecule has 9 rings (SSSR count). The number of hydrogen-bond donors (Lipinski definition) is 3. The second-order valence-electron chi connectivity index (χ2n) is 18.8. The Morgan fingerprint density at radius 1 is 0.897 bits per heavy atom. The van der Waals surface area contributed by atoms with Crippen LogP contribution in [-0.2, 0) is 29.3 Å². The first-order chi connectivity index (χ1) is 32.8. The number of imide groups is 1. The topological polar surface area (TPSA) is 225 Å². The molecular weight excluding hydrogens is 915 g/mol. The van der Waals surface area contributed by atoms with Crippen molar-refractivity contribution in [1.82, 2.24) is 35.0 Å². The van der Waals surface area contributed by atoms with Crippen molar-refractivity contribution in [2.24, 2.45) is 0 Å². The van der Waals surface area contributed by atoms with Crippen LogP contribution >= 0.6 is 23.7 Å². The lowest BCUT2D eigenvalue weighted by molar-refractivity contribution is -0.150. The number of thioether (sulfide) groups is 1. The third-order valence-electron chi connectivity index (χ3n) is 14.4. The molecule has 3 N–H and O–H groups in total. The van der Waals surface area contributed by atoms with Gasteiger partial charge in [0.2, 0.25) is 17.6 Å². The maximum absolute atomic E-state index is 13.7. The third-order valence-corrected chi connectivity index (χ3v) is 16.9. The van der Waals surface area contributed by atoms with Gasteiger partial charge in [-0.3, -0.25) is 47.7 Å². The highest BCUT2D eigenvalue weighted by atomic mass is 32.2. The van der Waals surface area contributed by atoms with Gasteiger partial charge in [-0.2, -0.15) is 11.8 Å². The van der Waals surface area contributed by atoms with E-state index < -0.39 is 29.3 Å². The van der Waals surface area contributed by atoms with E-state index in [2.05, 4.69) is 20.9 Å². The number of hydrogen-bond acceptors (Lipinski definition) is 14. The molecule has 0 spiro atoms. The van der Waals surface area contributed by atoms with Crippen LogP contribution in [0.3, 0.4) is 0 Å². The molecule has 7 amide bonds. The Balaban J connectivity index is 0.633. The molecule has 2 aromatic rings. The normalized spacial score (nSPS) is 25.0. The first-order valence-corrected chi connectivity index (χ1v) is 25.8. The predicted octanol–water partition coefficient (Wildman–Crippen LogP) is 4.29. The summed E-state index contributed by atoms with van der Waals surface area (Å²) in [6, 6.07) is 3.04. The number of nitrogens with zero attached hydrogens (tertiary/aromatic N) is 4. The highest BCUT2D eigenvalue weighted by Gasteiger charge is 2.50. The Hall–Kier alpha value is -5.47. The van der Waals surface area contributed by atoms with Crippen molar-refractivity contribution in [3.63, 3.8) is 0 Å². The second-order valence-corrected chi connectivity index (χ2v) is 21.2. The second kappa shape index (κ2) is 20.2. The van der Waals surface area contributed by atoms with Crippen LogP contribution in [0.25, 0.3) is 0 Å². The maximum atomic E-state index is 13.7. The Bertz CT molecular complexity index is 2450. The number of carbonyl (C=O) groups excluding carboxylic acids is 9. The number of ether oxygens (including phenoxy) is 1. The number of nitrogens with one attached hydrogen (secondary N) is 3. The fourth-order valence-electron chi connectivity index (χ4n) is 10.6. The monoisotopic (exact) mass is 971 g/mol. The van der Waals surface area contributed by atoms with E-state index in [-0.39, 0.29) is 89.6 Å². The lowest BCUT2D eigenvalue weighted by atomic mass is 9.61. The van der Waals surface area contributed by atoms with Gasteiger partial charge < -0.3 is 30.0 Å². The Labute approximate surface area is 402 Å². The van der Waals surface area contributed by atoms with Gasteiger partial charge in [0.25, 0.3) is 5.91 Å². The maximum Gasteiger partial charge on any atom is 0.337 e. The zero-order valence-corrected chi connectivity index (χ0v) is 39.8. The molecule has 3 aliphatic carbocycles. The van der Waals surface area contributed by atoms with Gasteiger partial charge in [-0.05, 0) is 80.3 Å². The van der Waals surface area contributed by atoms with E-state index in [1.807, 2.05) is 23.6 Å². The number of unbranched alkanes of at least 4 members (excludes halogenated alkanes) is 3. The first-order valence-electron chi connectivity index (χ1n) is 23.8. The van der Waals surface area contributed by atoms with E-state index in [4.69, 9.17) is 9.15 Å². The summed E-state index contributed by atoms with van der Waals surface area (Å²) in [6.45, 7) is 5.57. The van der Waals surface area contributed by atoms with Gasteiger partial charge in [-0.25, -0.2) is 9.59 Å². The number of fused-ring (bicyclic) bond motifs is 4. The number of esters is 1. The smallest absolute Gasteiger partial charge is 0.337 e. The molecule has 0 saturated carbocycles. The number of rotatable bonds is 19. The van der Waals surface area contributed by atoms with Crippen molar-refractivity contribution in [3.05, 3.63) is 69.7 Å². The zero-order chi connectivity index (χ0) is 47.7. The number of carbonyl (C=O) groups is 9. The molecule has 0 bridgehead atoms. The fraction of sp³-hybridized carbons (Fsp3) is 0.562. The summed E-state index contributed by atoms with van der Waals surface area (Å²) in [5, 5.41) is 9.36. The minimum atomic E-state index is -0.719. The number of urea groups is 2. The number of allylic oxidation sites excluding steroid dienone is 2. The molecule has 20 heteroatoms. The quantitative estimate of drug-likeness (QED) is 0.0588. The number of amides is 7. The fourth-order valence-corrected chi connectivity index (χ4v) is 13.1. The molecule has 7 aliphatic rings. The van der Waals surface area contributed by atoms with Gasteiger partial charge >= 0.3 is 18.0 Å². The van der Waals surface area contributed by atoms with Gasteiger partial charge in [0, 0.05) is 109 Å². The number of ketones is 3. The van der Waals surface area contributed by atoms with Gasteiger partial charge in [-0.1, -0.05) is 19.8 Å². The molecule has 68 heavy (non-hydrogen) atoms. The average molecular weight is 972 g/mol. The number of benzene rings is 1. The summed E-state index contributed by atoms with van der Waals surface area (Å²) in [5.41, 5.74) is 1.88. The van der Waals surface area contributed by atoms with Crippen molar-refractivity contribution >= 4 is 76.8 Å². The molecule has 362 valence electrons. The molecule has 4 aliphatic heterocycles. The minimum Gasteiger partial charge on any atom is -0.460 e. The molecule has 0 radical (unpaired) electrons. The lowest BCUT2D eigenvalue weighted by Crippen LogP contribution is -2.50. The molecule has 18 nitrogen and oxygen atoms in total. The Morgan fingerprint density at radius 2 is 1.66 bits per heavy atom. The van der Waals surface area contributed by atoms with E-state index in [0.29, 0.717) is 92.5 Å². The van der Waals surface area contributed by atoms with E-state index >= 15 is 0 Å². The molecule has 1 aromatic heterocycles. The standard InChI is InChI=1S/C48H57N7O11S2/c1-48-14-12-36(31-26-65-45(42(31)48)44(62)30-23-28-29(24-32(30)48)35(57)11-10-34(28)56)66-41(61)13-22-68-55-25-40(60)54(47(55)64)21-18-52-16-19-53(20-17-52)39(59)9-3-2-6-15-49-38(58)8-5-4-7-37-43-33(27-67-37)50-46(63)51-43/h10-11,23-24,26,33,36-37,43H,2-9,12-22,25,27H2,1H3,(H,49,58)(H2,50,51,63)/t33?,36?,37?,43?,48-/m0/s1. The van der Waals surface area contributed by atoms with Gasteiger partial charge in [-0.15, -0.1) is 0 Å². The highest BCUT2D eigenvalue weighted by Crippen LogP contribution is 2.53. The van der Waals surface area contributed by atoms with E-state index in [0.717, 1.165) is 56.2 Å². The minimum absolute atomic E-state index is 0.0278. The van der Waals surface area contributed by atoms with Crippen LogP contribution in [0.1, 0.15) is 137 Å². The summed E-state index contributed by atoms with van der Waals surface area (Å²) < 4.78 is 13.1. The summed E-state index contributed by atoms with van der Waals surface area (Å²) in [6.07, 6.45) is 10.2. The molecule has 4 fully saturated rings. The molecule has 5 heterocycles. The number of piperazine rings is 1. The van der Waals surface area contributed by atoms with Gasteiger partial charge in [0.05, 0.1) is 24.8 Å². The molecule has 4 saturated heterocycles. The number of furan rings is 1. The summed E-state index contributed by atoms with van der Waals surface area (Å²) >= 11 is 2.98. The molecule has 1 aromatic carbocycles. The van der Waals surface area contributed by atoms with Gasteiger partial charge in [0.1, 0.15) is 12.6 Å². The van der Waals surface area contributed by atoms with Crippen LogP contribution in [0.4, 0.5) is 9.59 Å². The SMILES string of the molecule is C[C@@]12CCC(OC(=O)CCSN3CC(=O)N(CCN4CCN(C(=O)CCCCCNC(=O)CCCCC5SCC6NC(=O)NC65)CC4)C3=O)c3coc(c31)C(=O)c1cc3c(cc12)C(=O)C=CC3=O. The van der Waals surface area contributed by atoms with E-state index in [1.165, 1.54) is 33.7 Å². The van der Waals surface area contributed by atoms with Crippen LogP contribution in [-0.4, -0.2) is 153 Å². The first kappa shape index (κ1) is 47.6. The van der Waals surface area contributed by atoms with Crippen molar-refractivity contribution < 1.29 is 52.3 Å². The largest absolute Gasteiger partial charge is 0.460 e. The van der Waals surface area contributed by atoms with Crippen molar-refractivity contribution in [2.75, 3.05) is 63.9 Å². The summed E-state index contributed by atoms with van der Waals surface area (Å²) in [5.74, 6) is -0.435. The lowest BCUT2D eigenvalue weighted by Gasteiger charge is -2.41. The summed E-state index contributed by atoms with van der Waals surface area (Å²) in [4.78, 5) is 120. The molecule has 5 atom stereocenters.